The summed E-state index contributed by atoms with van der Waals surface area (Å²) in [5.41, 5.74) is -1.12. The van der Waals surface area contributed by atoms with Crippen LogP contribution in [0.5, 0.6) is 0 Å². The van der Waals surface area contributed by atoms with E-state index in [0.717, 1.165) is 25.6 Å². The van der Waals surface area contributed by atoms with Crippen molar-refractivity contribution < 1.29 is 27.1 Å². The molecule has 2 aromatic rings. The zero-order valence-electron chi connectivity index (χ0n) is 9.56. The van der Waals surface area contributed by atoms with Gasteiger partial charge in [0.25, 0.3) is 0 Å². The van der Waals surface area contributed by atoms with E-state index in [1.54, 1.807) is 0 Å². The molecule has 2 heterocycles. The summed E-state index contributed by atoms with van der Waals surface area (Å²) >= 11 is 0. The fraction of sp³-hybridized carbons (Fsp3) is 0.182. The highest BCUT2D eigenvalue weighted by Gasteiger charge is 2.32. The van der Waals surface area contributed by atoms with Crippen LogP contribution in [0.1, 0.15) is 16.2 Å². The number of alkyl halides is 3. The molecule has 0 saturated heterocycles. The Morgan fingerprint density at radius 3 is 2.79 bits per heavy atom. The molecule has 0 fully saturated rings. The van der Waals surface area contributed by atoms with Gasteiger partial charge in [0.1, 0.15) is 12.0 Å². The average molecular weight is 272 g/mol. The number of methoxy groups -OCH3 is 1. The second-order valence-electron chi connectivity index (χ2n) is 3.46. The highest BCUT2D eigenvalue weighted by atomic mass is 19.4. The number of esters is 1. The highest BCUT2D eigenvalue weighted by Crippen LogP contribution is 2.30. The zero-order chi connectivity index (χ0) is 14.0. The van der Waals surface area contributed by atoms with Crippen LogP contribution >= 0.6 is 0 Å². The molecular weight excluding hydrogens is 265 g/mol. The minimum atomic E-state index is -4.56. The van der Waals surface area contributed by atoms with Crippen molar-refractivity contribution in [3.8, 4) is 11.5 Å². The van der Waals surface area contributed by atoms with Gasteiger partial charge in [0.05, 0.1) is 7.11 Å². The minimum absolute atomic E-state index is 0.0671. The van der Waals surface area contributed by atoms with Crippen molar-refractivity contribution in [2.45, 2.75) is 6.18 Å². The number of ether oxygens (including phenoxy) is 1. The van der Waals surface area contributed by atoms with E-state index in [1.807, 2.05) is 0 Å². The normalized spacial score (nSPS) is 11.4. The van der Waals surface area contributed by atoms with Crippen molar-refractivity contribution in [1.29, 1.82) is 0 Å². The Kier molecular flexibility index (Phi) is 3.24. The molecular formula is C11H7F3N2O3. The number of hydrogen-bond acceptors (Lipinski definition) is 5. The lowest BCUT2D eigenvalue weighted by Crippen LogP contribution is -2.07. The lowest BCUT2D eigenvalue weighted by atomic mass is 10.2. The van der Waals surface area contributed by atoms with Gasteiger partial charge in [-0.15, -0.1) is 0 Å². The number of pyridine rings is 1. The fourth-order valence-electron chi connectivity index (χ4n) is 1.32. The topological polar surface area (TPSA) is 65.2 Å². The Balaban J connectivity index is 2.37. The molecule has 100 valence electrons. The molecule has 0 saturated carbocycles. The van der Waals surface area contributed by atoms with Crippen molar-refractivity contribution >= 4 is 5.97 Å². The predicted molar refractivity (Wildman–Crippen MR) is 56.1 cm³/mol. The summed E-state index contributed by atoms with van der Waals surface area (Å²) in [5, 5.41) is 0. The number of nitrogens with zero attached hydrogens (tertiary/aromatic N) is 2. The molecule has 0 N–H and O–H groups in total. The Labute approximate surface area is 105 Å². The van der Waals surface area contributed by atoms with Gasteiger partial charge < -0.3 is 9.15 Å². The van der Waals surface area contributed by atoms with E-state index < -0.39 is 17.8 Å². The third-order valence-electron chi connectivity index (χ3n) is 2.20. The molecule has 19 heavy (non-hydrogen) atoms. The largest absolute Gasteiger partial charge is 0.464 e. The molecule has 0 aliphatic carbocycles. The molecule has 0 bridgehead atoms. The van der Waals surface area contributed by atoms with Gasteiger partial charge in [-0.25, -0.2) is 9.78 Å². The van der Waals surface area contributed by atoms with E-state index in [4.69, 9.17) is 4.42 Å². The van der Waals surface area contributed by atoms with Crippen molar-refractivity contribution in [3.63, 3.8) is 0 Å². The van der Waals surface area contributed by atoms with E-state index in [9.17, 15) is 18.0 Å². The number of hydrogen-bond donors (Lipinski definition) is 0. The molecule has 0 aliphatic heterocycles. The molecule has 2 aromatic heterocycles. The van der Waals surface area contributed by atoms with Gasteiger partial charge in [-0.1, -0.05) is 0 Å². The smallest absolute Gasteiger partial charge is 0.433 e. The number of aromatic nitrogens is 2. The number of carbonyl (C=O) groups excluding carboxylic acids is 1. The molecule has 0 amide bonds. The van der Waals surface area contributed by atoms with Gasteiger partial charge in [-0.3, -0.25) is 4.98 Å². The summed E-state index contributed by atoms with van der Waals surface area (Å²) in [5.74, 6) is -0.853. The minimum Gasteiger partial charge on any atom is -0.464 e. The average Bonchev–Trinajstić information content (AvgIpc) is 2.86. The summed E-state index contributed by atoms with van der Waals surface area (Å²) in [6.07, 6.45) is -2.57. The number of halogens is 3. The first kappa shape index (κ1) is 13.1. The zero-order valence-corrected chi connectivity index (χ0v) is 9.56. The van der Waals surface area contributed by atoms with Gasteiger partial charge in [-0.2, -0.15) is 13.2 Å². The monoisotopic (exact) mass is 272 g/mol. The van der Waals surface area contributed by atoms with Crippen LogP contribution in [-0.4, -0.2) is 23.0 Å². The maximum atomic E-state index is 12.5. The Hall–Kier alpha value is -2.38. The standard InChI is InChI=1S/C11H7F3N2O3/c1-18-10(17)7-5-19-9(16-7)6-2-3-15-8(4-6)11(12,13)14/h2-5H,1H3. The first-order valence-electron chi connectivity index (χ1n) is 4.99. The summed E-state index contributed by atoms with van der Waals surface area (Å²) in [4.78, 5) is 18.1. The Morgan fingerprint density at radius 2 is 2.16 bits per heavy atom. The quantitative estimate of drug-likeness (QED) is 0.786. The lowest BCUT2D eigenvalue weighted by Gasteiger charge is -2.05. The first-order valence-corrected chi connectivity index (χ1v) is 4.99. The van der Waals surface area contributed by atoms with Crippen LogP contribution in [0.15, 0.2) is 29.0 Å². The van der Waals surface area contributed by atoms with Gasteiger partial charge in [0.15, 0.2) is 5.69 Å². The van der Waals surface area contributed by atoms with Crippen molar-refractivity contribution in [1.82, 2.24) is 9.97 Å². The molecule has 0 aliphatic rings. The molecule has 2 rings (SSSR count). The molecule has 5 nitrogen and oxygen atoms in total. The van der Waals surface area contributed by atoms with E-state index in [2.05, 4.69) is 14.7 Å². The first-order chi connectivity index (χ1) is 8.91. The fourth-order valence-corrected chi connectivity index (χ4v) is 1.32. The van der Waals surface area contributed by atoms with Gasteiger partial charge in [0, 0.05) is 11.8 Å². The van der Waals surface area contributed by atoms with Crippen LogP contribution in [-0.2, 0) is 10.9 Å². The molecule has 0 aromatic carbocycles. The van der Waals surface area contributed by atoms with Crippen molar-refractivity contribution in [3.05, 3.63) is 36.0 Å². The summed E-state index contributed by atoms with van der Waals surface area (Å²) in [6.45, 7) is 0. The maximum absolute atomic E-state index is 12.5. The number of oxazole rings is 1. The van der Waals surface area contributed by atoms with Gasteiger partial charge >= 0.3 is 12.1 Å². The summed E-state index contributed by atoms with van der Waals surface area (Å²) < 4.78 is 46.8. The third kappa shape index (κ3) is 2.72. The maximum Gasteiger partial charge on any atom is 0.433 e. The number of carbonyl (C=O) groups is 1. The van der Waals surface area contributed by atoms with Crippen molar-refractivity contribution in [2.75, 3.05) is 7.11 Å². The van der Waals surface area contributed by atoms with E-state index in [1.165, 1.54) is 6.07 Å². The van der Waals surface area contributed by atoms with E-state index in [0.29, 0.717) is 0 Å². The van der Waals surface area contributed by atoms with Gasteiger partial charge in [0.2, 0.25) is 5.89 Å². The van der Waals surface area contributed by atoms with Crippen LogP contribution < -0.4 is 0 Å². The second-order valence-corrected chi connectivity index (χ2v) is 3.46. The van der Waals surface area contributed by atoms with Crippen LogP contribution in [0.4, 0.5) is 13.2 Å². The molecule has 0 unspecified atom stereocenters. The highest BCUT2D eigenvalue weighted by molar-refractivity contribution is 5.87. The molecule has 8 heteroatoms. The van der Waals surface area contributed by atoms with Crippen LogP contribution in [0.2, 0.25) is 0 Å². The van der Waals surface area contributed by atoms with Gasteiger partial charge in [-0.05, 0) is 12.1 Å². The molecule has 0 atom stereocenters. The SMILES string of the molecule is COC(=O)c1coc(-c2ccnc(C(F)(F)F)c2)n1. The summed E-state index contributed by atoms with van der Waals surface area (Å²) in [7, 11) is 1.16. The van der Waals surface area contributed by atoms with Crippen molar-refractivity contribution in [2.24, 2.45) is 0 Å². The Bertz CT molecular complexity index is 607. The Morgan fingerprint density at radius 1 is 1.42 bits per heavy atom. The summed E-state index contributed by atoms with van der Waals surface area (Å²) in [6, 6.07) is 2.08. The molecule has 0 spiro atoms. The van der Waals surface area contributed by atoms with Crippen LogP contribution in [0.25, 0.3) is 11.5 Å². The lowest BCUT2D eigenvalue weighted by molar-refractivity contribution is -0.141. The second kappa shape index (κ2) is 4.71. The van der Waals surface area contributed by atoms with E-state index >= 15 is 0 Å². The predicted octanol–water partition coefficient (Wildman–Crippen LogP) is 2.54. The van der Waals surface area contributed by atoms with E-state index in [-0.39, 0.29) is 17.1 Å². The molecule has 0 radical (unpaired) electrons. The van der Waals surface area contributed by atoms with Crippen LogP contribution in [0.3, 0.4) is 0 Å². The van der Waals surface area contributed by atoms with Crippen LogP contribution in [0, 0.1) is 0 Å². The number of rotatable bonds is 2. The third-order valence-corrected chi connectivity index (χ3v) is 2.20.